The van der Waals surface area contributed by atoms with Gasteiger partial charge in [0.05, 0.1) is 5.52 Å². The molecule has 0 radical (unpaired) electrons. The van der Waals surface area contributed by atoms with Gasteiger partial charge in [0.15, 0.2) is 0 Å². The molecule has 2 rings (SSSR count). The van der Waals surface area contributed by atoms with Crippen LogP contribution in [0.1, 0.15) is 28.7 Å². The van der Waals surface area contributed by atoms with E-state index in [4.69, 9.17) is 0 Å². The molecule has 6 nitrogen and oxygen atoms in total. The molecule has 0 bridgehead atoms. The zero-order valence-corrected chi connectivity index (χ0v) is 14.1. The number of nitrogens with zero attached hydrogens (tertiary/aromatic N) is 4. The molecule has 6 heteroatoms. The van der Waals surface area contributed by atoms with Crippen molar-refractivity contribution in [2.45, 2.75) is 19.9 Å². The van der Waals surface area contributed by atoms with Crippen molar-refractivity contribution >= 4 is 16.9 Å². The molecule has 0 saturated carbocycles. The second-order valence-electron chi connectivity index (χ2n) is 6.00. The van der Waals surface area contributed by atoms with E-state index in [0.717, 1.165) is 17.8 Å². The van der Waals surface area contributed by atoms with Crippen LogP contribution in [0.25, 0.3) is 11.0 Å². The van der Waals surface area contributed by atoms with Gasteiger partial charge in [-0.2, -0.15) is 0 Å². The van der Waals surface area contributed by atoms with Crippen LogP contribution >= 0.6 is 0 Å². The normalized spacial score (nSPS) is 11.4. The number of phenolic OH excluding ortho intramolecular Hbond substituents is 1. The fraction of sp³-hybridized carbons (Fsp3) is 0.500. The third-order valence-electron chi connectivity index (χ3n) is 3.78. The Labute approximate surface area is 131 Å². The van der Waals surface area contributed by atoms with Crippen molar-refractivity contribution in [3.8, 4) is 5.75 Å². The van der Waals surface area contributed by atoms with Gasteiger partial charge >= 0.3 is 0 Å². The molecular formula is C16H24N4O2. The minimum absolute atomic E-state index is 0.103. The van der Waals surface area contributed by atoms with Gasteiger partial charge in [0.2, 0.25) is 0 Å². The lowest BCUT2D eigenvalue weighted by Gasteiger charge is -2.18. The van der Waals surface area contributed by atoms with Gasteiger partial charge in [-0.25, -0.2) is 4.98 Å². The summed E-state index contributed by atoms with van der Waals surface area (Å²) in [5, 5.41) is 10.7. The average Bonchev–Trinajstić information content (AvgIpc) is 2.77. The molecule has 0 unspecified atom stereocenters. The SMILES string of the molecule is CCc1nc2c(O)c(CN(C)C)c(C(=O)N(C)C)cc2n1C. The Kier molecular flexibility index (Phi) is 4.42. The maximum absolute atomic E-state index is 12.5. The monoisotopic (exact) mass is 304 g/mol. The highest BCUT2D eigenvalue weighted by Crippen LogP contribution is 2.33. The van der Waals surface area contributed by atoms with Crippen molar-refractivity contribution in [3.63, 3.8) is 0 Å². The molecule has 0 saturated heterocycles. The number of imidazole rings is 1. The first kappa shape index (κ1) is 16.3. The van der Waals surface area contributed by atoms with Gasteiger partial charge in [0, 0.05) is 45.2 Å². The van der Waals surface area contributed by atoms with Crippen LogP contribution in [0.5, 0.6) is 5.75 Å². The highest BCUT2D eigenvalue weighted by molar-refractivity contribution is 6.01. The van der Waals surface area contributed by atoms with E-state index in [0.29, 0.717) is 23.2 Å². The zero-order chi connectivity index (χ0) is 16.6. The number of carbonyl (C=O) groups excluding carboxylic acids is 1. The molecule has 120 valence electrons. The standard InChI is InChI=1S/C16H24N4O2/c1-7-13-17-14-12(20(13)6)8-10(16(22)19(4)5)11(15(14)21)9-18(2)3/h8,21H,7,9H2,1-6H3. The van der Waals surface area contributed by atoms with Gasteiger partial charge < -0.3 is 19.5 Å². The van der Waals surface area contributed by atoms with Crippen molar-refractivity contribution in [2.75, 3.05) is 28.2 Å². The summed E-state index contributed by atoms with van der Waals surface area (Å²) in [6.07, 6.45) is 0.768. The summed E-state index contributed by atoms with van der Waals surface area (Å²) in [7, 11) is 9.14. The van der Waals surface area contributed by atoms with E-state index in [9.17, 15) is 9.90 Å². The minimum atomic E-state index is -0.117. The molecule has 1 amide bonds. The van der Waals surface area contributed by atoms with Crippen molar-refractivity contribution in [2.24, 2.45) is 7.05 Å². The summed E-state index contributed by atoms with van der Waals surface area (Å²) >= 11 is 0. The Bertz CT molecular complexity index is 717. The average molecular weight is 304 g/mol. The lowest BCUT2D eigenvalue weighted by Crippen LogP contribution is -2.24. The Hall–Kier alpha value is -2.08. The molecule has 0 fully saturated rings. The van der Waals surface area contributed by atoms with E-state index in [-0.39, 0.29) is 11.7 Å². The van der Waals surface area contributed by atoms with Crippen LogP contribution in [0.15, 0.2) is 6.07 Å². The van der Waals surface area contributed by atoms with E-state index < -0.39 is 0 Å². The first-order valence-corrected chi connectivity index (χ1v) is 7.34. The fourth-order valence-corrected chi connectivity index (χ4v) is 2.62. The number of aromatic hydroxyl groups is 1. The number of carbonyl (C=O) groups is 1. The first-order valence-electron chi connectivity index (χ1n) is 7.34. The van der Waals surface area contributed by atoms with Crippen LogP contribution in [0, 0.1) is 0 Å². The smallest absolute Gasteiger partial charge is 0.253 e. The molecular weight excluding hydrogens is 280 g/mol. The number of hydrogen-bond donors (Lipinski definition) is 1. The highest BCUT2D eigenvalue weighted by Gasteiger charge is 2.23. The van der Waals surface area contributed by atoms with E-state index in [2.05, 4.69) is 4.98 Å². The van der Waals surface area contributed by atoms with E-state index in [1.807, 2.05) is 43.6 Å². The summed E-state index contributed by atoms with van der Waals surface area (Å²) in [4.78, 5) is 20.5. The zero-order valence-electron chi connectivity index (χ0n) is 14.1. The fourth-order valence-electron chi connectivity index (χ4n) is 2.62. The lowest BCUT2D eigenvalue weighted by molar-refractivity contribution is 0.0825. The Morgan fingerprint density at radius 1 is 1.32 bits per heavy atom. The maximum Gasteiger partial charge on any atom is 0.253 e. The van der Waals surface area contributed by atoms with Crippen molar-refractivity contribution < 1.29 is 9.90 Å². The Morgan fingerprint density at radius 3 is 2.45 bits per heavy atom. The van der Waals surface area contributed by atoms with Crippen molar-refractivity contribution in [1.82, 2.24) is 19.4 Å². The largest absolute Gasteiger partial charge is 0.505 e. The number of aryl methyl sites for hydroxylation is 2. The van der Waals surface area contributed by atoms with Crippen LogP contribution < -0.4 is 0 Å². The molecule has 1 N–H and O–H groups in total. The van der Waals surface area contributed by atoms with Crippen molar-refractivity contribution in [3.05, 3.63) is 23.0 Å². The maximum atomic E-state index is 12.5. The topological polar surface area (TPSA) is 61.6 Å². The minimum Gasteiger partial charge on any atom is -0.505 e. The van der Waals surface area contributed by atoms with Gasteiger partial charge in [-0.15, -0.1) is 0 Å². The molecule has 1 aromatic carbocycles. The molecule has 1 heterocycles. The predicted octanol–water partition coefficient (Wildman–Crippen LogP) is 1.60. The number of fused-ring (bicyclic) bond motifs is 1. The number of amides is 1. The van der Waals surface area contributed by atoms with Crippen molar-refractivity contribution in [1.29, 1.82) is 0 Å². The van der Waals surface area contributed by atoms with E-state index >= 15 is 0 Å². The molecule has 2 aromatic rings. The summed E-state index contributed by atoms with van der Waals surface area (Å²) in [6.45, 7) is 2.50. The number of benzene rings is 1. The third-order valence-corrected chi connectivity index (χ3v) is 3.78. The number of phenols is 1. The summed E-state index contributed by atoms with van der Waals surface area (Å²) in [6, 6.07) is 1.84. The van der Waals surface area contributed by atoms with Crippen LogP contribution in [-0.4, -0.2) is 58.6 Å². The first-order chi connectivity index (χ1) is 10.3. The highest BCUT2D eigenvalue weighted by atomic mass is 16.3. The molecule has 22 heavy (non-hydrogen) atoms. The Balaban J connectivity index is 2.79. The second kappa shape index (κ2) is 5.96. The van der Waals surface area contributed by atoms with Crippen LogP contribution in [0.3, 0.4) is 0 Å². The molecule has 0 spiro atoms. The molecule has 0 aliphatic carbocycles. The van der Waals surface area contributed by atoms with Gasteiger partial charge in [-0.1, -0.05) is 6.92 Å². The summed E-state index contributed by atoms with van der Waals surface area (Å²) in [5.41, 5.74) is 2.49. The predicted molar refractivity (Wildman–Crippen MR) is 87.2 cm³/mol. The number of hydrogen-bond acceptors (Lipinski definition) is 4. The number of aromatic nitrogens is 2. The van der Waals surface area contributed by atoms with Gasteiger partial charge in [0.25, 0.3) is 5.91 Å². The third kappa shape index (κ3) is 2.66. The summed E-state index contributed by atoms with van der Waals surface area (Å²) < 4.78 is 1.93. The van der Waals surface area contributed by atoms with E-state index in [1.54, 1.807) is 14.1 Å². The number of rotatable bonds is 4. The molecule has 1 aromatic heterocycles. The van der Waals surface area contributed by atoms with Crippen LogP contribution in [0.4, 0.5) is 0 Å². The van der Waals surface area contributed by atoms with Crippen LogP contribution in [-0.2, 0) is 20.0 Å². The van der Waals surface area contributed by atoms with Gasteiger partial charge in [-0.05, 0) is 20.2 Å². The molecule has 0 aliphatic rings. The molecule has 0 aliphatic heterocycles. The van der Waals surface area contributed by atoms with E-state index in [1.165, 1.54) is 4.90 Å². The van der Waals surface area contributed by atoms with Crippen LogP contribution in [0.2, 0.25) is 0 Å². The lowest BCUT2D eigenvalue weighted by atomic mass is 10.0. The quantitative estimate of drug-likeness (QED) is 0.932. The van der Waals surface area contributed by atoms with Gasteiger partial charge in [-0.3, -0.25) is 4.79 Å². The molecule has 0 atom stereocenters. The van der Waals surface area contributed by atoms with Gasteiger partial charge in [0.1, 0.15) is 17.1 Å². The second-order valence-corrected chi connectivity index (χ2v) is 6.00. The summed E-state index contributed by atoms with van der Waals surface area (Å²) in [5.74, 6) is 0.871. The Morgan fingerprint density at radius 2 is 1.95 bits per heavy atom.